The summed E-state index contributed by atoms with van der Waals surface area (Å²) in [6.45, 7) is 15.0. The van der Waals surface area contributed by atoms with Gasteiger partial charge in [0.1, 0.15) is 5.60 Å². The molecule has 6 nitrogen and oxygen atoms in total. The van der Waals surface area contributed by atoms with Crippen molar-refractivity contribution in [3.63, 3.8) is 0 Å². The Balaban J connectivity index is 1.63. The Bertz CT molecular complexity index is 412. The van der Waals surface area contributed by atoms with E-state index in [-0.39, 0.29) is 17.6 Å². The van der Waals surface area contributed by atoms with E-state index < -0.39 is 5.60 Å². The monoisotopic (exact) mass is 327 g/mol. The maximum absolute atomic E-state index is 12.0. The number of nitrogens with zero attached hydrogens (tertiary/aromatic N) is 2. The molecule has 1 saturated carbocycles. The summed E-state index contributed by atoms with van der Waals surface area (Å²) in [6.07, 6.45) is 0.456. The molecule has 23 heavy (non-hydrogen) atoms. The average molecular weight is 327 g/mol. The summed E-state index contributed by atoms with van der Waals surface area (Å²) in [4.78, 5) is 16.2. The van der Waals surface area contributed by atoms with E-state index in [1.807, 2.05) is 20.8 Å². The summed E-state index contributed by atoms with van der Waals surface area (Å²) in [5.41, 5.74) is -0.451. The van der Waals surface area contributed by atoms with E-state index in [2.05, 4.69) is 24.1 Å². The Morgan fingerprint density at radius 2 is 1.87 bits per heavy atom. The lowest BCUT2D eigenvalue weighted by molar-refractivity contribution is -0.0727. The Labute approximate surface area is 140 Å². The minimum atomic E-state index is -0.432. The van der Waals surface area contributed by atoms with Crippen LogP contribution in [-0.4, -0.2) is 78.0 Å². The second kappa shape index (κ2) is 6.95. The minimum Gasteiger partial charge on any atom is -0.444 e. The molecular weight excluding hydrogens is 294 g/mol. The molecule has 1 saturated heterocycles. The van der Waals surface area contributed by atoms with Gasteiger partial charge in [0.15, 0.2) is 0 Å². The first-order chi connectivity index (χ1) is 10.6. The molecule has 0 spiro atoms. The van der Waals surface area contributed by atoms with Crippen LogP contribution >= 0.6 is 0 Å². The Kier molecular flexibility index (Phi) is 5.59. The van der Waals surface area contributed by atoms with Crippen LogP contribution in [0.5, 0.6) is 0 Å². The molecule has 2 unspecified atom stereocenters. The zero-order chi connectivity index (χ0) is 17.3. The standard InChI is InChI=1S/C17H33N3O3/c1-16(2,3)23-15(22)20-10-8-19(9-11-20)7-6-18-13-12-14(21)17(13,4)5/h13-14,18,21H,6-12H2,1-5H3. The normalized spacial score (nSPS) is 28.3. The van der Waals surface area contributed by atoms with Gasteiger partial charge >= 0.3 is 6.09 Å². The van der Waals surface area contributed by atoms with Crippen molar-refractivity contribution in [2.24, 2.45) is 5.41 Å². The Hall–Kier alpha value is -0.850. The van der Waals surface area contributed by atoms with E-state index in [0.717, 1.165) is 45.7 Å². The molecular formula is C17H33N3O3. The van der Waals surface area contributed by atoms with Crippen LogP contribution in [0.3, 0.4) is 0 Å². The molecule has 2 aliphatic rings. The van der Waals surface area contributed by atoms with Crippen molar-refractivity contribution in [1.29, 1.82) is 0 Å². The number of amides is 1. The van der Waals surface area contributed by atoms with Crippen LogP contribution < -0.4 is 5.32 Å². The second-order valence-corrected chi connectivity index (χ2v) is 8.39. The highest BCUT2D eigenvalue weighted by Gasteiger charge is 2.46. The van der Waals surface area contributed by atoms with E-state index in [4.69, 9.17) is 4.74 Å². The SMILES string of the molecule is CC(C)(C)OC(=O)N1CCN(CCNC2CC(O)C2(C)C)CC1. The first-order valence-electron chi connectivity index (χ1n) is 8.71. The zero-order valence-electron chi connectivity index (χ0n) is 15.3. The van der Waals surface area contributed by atoms with Gasteiger partial charge in [0.05, 0.1) is 6.10 Å². The molecule has 1 amide bonds. The lowest BCUT2D eigenvalue weighted by atomic mass is 9.64. The van der Waals surface area contributed by atoms with Gasteiger partial charge in [-0.25, -0.2) is 4.79 Å². The fourth-order valence-corrected chi connectivity index (χ4v) is 3.13. The van der Waals surface area contributed by atoms with E-state index in [1.165, 1.54) is 0 Å². The highest BCUT2D eigenvalue weighted by Crippen LogP contribution is 2.40. The fourth-order valence-electron chi connectivity index (χ4n) is 3.13. The maximum atomic E-state index is 12.0. The molecule has 2 rings (SSSR count). The maximum Gasteiger partial charge on any atom is 0.410 e. The molecule has 1 aliphatic heterocycles. The van der Waals surface area contributed by atoms with Crippen LogP contribution in [0.2, 0.25) is 0 Å². The molecule has 1 aliphatic carbocycles. The number of hydrogen-bond donors (Lipinski definition) is 2. The van der Waals surface area contributed by atoms with Crippen molar-refractivity contribution in [2.45, 2.75) is 58.8 Å². The third kappa shape index (κ3) is 4.81. The third-order valence-corrected chi connectivity index (χ3v) is 5.06. The van der Waals surface area contributed by atoms with Gasteiger partial charge in [-0.05, 0) is 27.2 Å². The number of carbonyl (C=O) groups is 1. The summed E-state index contributed by atoms with van der Waals surface area (Å²) >= 11 is 0. The summed E-state index contributed by atoms with van der Waals surface area (Å²) in [7, 11) is 0. The molecule has 0 aromatic heterocycles. The second-order valence-electron chi connectivity index (χ2n) is 8.39. The highest BCUT2D eigenvalue weighted by molar-refractivity contribution is 5.68. The van der Waals surface area contributed by atoms with Gasteiger partial charge in [-0.3, -0.25) is 4.90 Å². The summed E-state index contributed by atoms with van der Waals surface area (Å²) in [6, 6.07) is 0.403. The van der Waals surface area contributed by atoms with Crippen molar-refractivity contribution in [3.8, 4) is 0 Å². The van der Waals surface area contributed by atoms with Crippen LogP contribution in [0.25, 0.3) is 0 Å². The topological polar surface area (TPSA) is 65.0 Å². The average Bonchev–Trinajstić information content (AvgIpc) is 2.45. The zero-order valence-corrected chi connectivity index (χ0v) is 15.3. The molecule has 0 radical (unpaired) electrons. The van der Waals surface area contributed by atoms with Gasteiger partial charge in [-0.1, -0.05) is 13.8 Å². The van der Waals surface area contributed by atoms with Crippen molar-refractivity contribution < 1.29 is 14.6 Å². The number of hydrogen-bond acceptors (Lipinski definition) is 5. The first-order valence-corrected chi connectivity index (χ1v) is 8.71. The van der Waals surface area contributed by atoms with Crippen LogP contribution in [0, 0.1) is 5.41 Å². The number of piperazine rings is 1. The molecule has 134 valence electrons. The van der Waals surface area contributed by atoms with E-state index in [9.17, 15) is 9.90 Å². The Morgan fingerprint density at radius 1 is 1.26 bits per heavy atom. The summed E-state index contributed by atoms with van der Waals surface area (Å²) < 4.78 is 5.41. The summed E-state index contributed by atoms with van der Waals surface area (Å²) in [5.74, 6) is 0. The van der Waals surface area contributed by atoms with Gasteiger partial charge < -0.3 is 20.1 Å². The quantitative estimate of drug-likeness (QED) is 0.814. The molecule has 0 aromatic carbocycles. The highest BCUT2D eigenvalue weighted by atomic mass is 16.6. The van der Waals surface area contributed by atoms with Gasteiger partial charge in [0.25, 0.3) is 0 Å². The molecule has 2 N–H and O–H groups in total. The largest absolute Gasteiger partial charge is 0.444 e. The van der Waals surface area contributed by atoms with Crippen LogP contribution in [0.4, 0.5) is 4.79 Å². The van der Waals surface area contributed by atoms with Crippen molar-refractivity contribution >= 4 is 6.09 Å². The van der Waals surface area contributed by atoms with Gasteiger partial charge in [-0.2, -0.15) is 0 Å². The van der Waals surface area contributed by atoms with Crippen LogP contribution in [-0.2, 0) is 4.74 Å². The molecule has 2 atom stereocenters. The minimum absolute atomic E-state index is 0.0184. The summed E-state index contributed by atoms with van der Waals surface area (Å²) in [5, 5.41) is 13.3. The van der Waals surface area contributed by atoms with E-state index >= 15 is 0 Å². The predicted molar refractivity (Wildman–Crippen MR) is 90.4 cm³/mol. The number of aliphatic hydroxyl groups excluding tert-OH is 1. The van der Waals surface area contributed by atoms with Crippen molar-refractivity contribution in [2.75, 3.05) is 39.3 Å². The van der Waals surface area contributed by atoms with Crippen LogP contribution in [0.15, 0.2) is 0 Å². The lowest BCUT2D eigenvalue weighted by Crippen LogP contribution is -2.61. The van der Waals surface area contributed by atoms with Crippen molar-refractivity contribution in [3.05, 3.63) is 0 Å². The van der Waals surface area contributed by atoms with Crippen LogP contribution in [0.1, 0.15) is 41.0 Å². The number of ether oxygens (including phenoxy) is 1. The number of carbonyl (C=O) groups excluding carboxylic acids is 1. The lowest BCUT2D eigenvalue weighted by Gasteiger charge is -2.50. The van der Waals surface area contributed by atoms with Gasteiger partial charge in [0, 0.05) is 50.7 Å². The molecule has 6 heteroatoms. The molecule has 2 fully saturated rings. The van der Waals surface area contributed by atoms with Gasteiger partial charge in [0.2, 0.25) is 0 Å². The molecule has 0 aromatic rings. The van der Waals surface area contributed by atoms with E-state index in [1.54, 1.807) is 4.90 Å². The first kappa shape index (κ1) is 18.5. The molecule has 0 bridgehead atoms. The fraction of sp³-hybridized carbons (Fsp3) is 0.941. The smallest absolute Gasteiger partial charge is 0.410 e. The van der Waals surface area contributed by atoms with E-state index in [0.29, 0.717) is 6.04 Å². The van der Waals surface area contributed by atoms with Gasteiger partial charge in [-0.15, -0.1) is 0 Å². The number of aliphatic hydroxyl groups is 1. The number of nitrogens with one attached hydrogen (secondary N) is 1. The molecule has 1 heterocycles. The number of rotatable bonds is 4. The predicted octanol–water partition coefficient (Wildman–Crippen LogP) is 1.29. The third-order valence-electron chi connectivity index (χ3n) is 5.06. The Morgan fingerprint density at radius 3 is 2.35 bits per heavy atom. The van der Waals surface area contributed by atoms with Crippen molar-refractivity contribution in [1.82, 2.24) is 15.1 Å².